The lowest BCUT2D eigenvalue weighted by atomic mass is 10.4. The molecule has 0 radical (unpaired) electrons. The fraction of sp³-hybridized carbons (Fsp3) is 1.00. The van der Waals surface area contributed by atoms with Gasteiger partial charge in [0, 0.05) is 0 Å². The maximum atomic E-state index is 4.92. The quantitative estimate of drug-likeness (QED) is 0.385. The van der Waals surface area contributed by atoms with Crippen LogP contribution < -0.4 is 0 Å². The second kappa shape index (κ2) is 1.58. The average molecular weight is 90.1 g/mol. The summed E-state index contributed by atoms with van der Waals surface area (Å²) in [4.78, 5) is 0. The molecule has 0 amide bonds. The van der Waals surface area contributed by atoms with E-state index in [1.165, 1.54) is 0 Å². The molecule has 0 saturated carbocycles. The summed E-state index contributed by atoms with van der Waals surface area (Å²) in [5.41, 5.74) is 0. The summed E-state index contributed by atoms with van der Waals surface area (Å²) in [5.74, 6) is 0. The van der Waals surface area contributed by atoms with E-state index >= 15 is 0 Å². The average Bonchev–Trinajstić information content (AvgIpc) is 1.79. The van der Waals surface area contributed by atoms with Gasteiger partial charge in [-0.25, -0.2) is 0 Å². The summed E-state index contributed by atoms with van der Waals surface area (Å²) in [6.45, 7) is 4.15. The van der Waals surface area contributed by atoms with Crippen molar-refractivity contribution in [2.45, 2.75) is 26.1 Å². The normalized spacial score (nSPS) is 41.0. The molecule has 0 aromatic carbocycles. The van der Waals surface area contributed by atoms with Crippen molar-refractivity contribution < 1.29 is 10.2 Å². The van der Waals surface area contributed by atoms with Crippen LogP contribution in [0.15, 0.2) is 0 Å². The van der Waals surface area contributed by atoms with Crippen LogP contribution in [-0.2, 0) is 4.74 Å². The highest BCUT2D eigenvalue weighted by Gasteiger charge is 2.27. The van der Waals surface area contributed by atoms with Crippen LogP contribution in [0.4, 0.5) is 0 Å². The molecule has 0 aliphatic carbocycles. The summed E-state index contributed by atoms with van der Waals surface area (Å²) in [6.07, 6.45) is 1.10. The lowest BCUT2D eigenvalue weighted by molar-refractivity contribution is 0.389. The Morgan fingerprint density at radius 2 is 1.33 bits per heavy atom. The maximum Gasteiger partial charge on any atom is 0.0811 e. The minimum absolute atomic E-state index is 0. The maximum absolute atomic E-state index is 4.92. The zero-order chi connectivity index (χ0) is 3.86. The Kier molecular flexibility index (Phi) is 1.56. The largest absolute Gasteiger partial charge is 0.412 e. The predicted molar refractivity (Wildman–Crippen MR) is 23.6 cm³/mol. The van der Waals surface area contributed by atoms with Gasteiger partial charge in [-0.05, 0) is 13.8 Å². The number of epoxide rings is 1. The summed E-state index contributed by atoms with van der Waals surface area (Å²) < 4.78 is 4.92. The lowest BCUT2D eigenvalue weighted by Gasteiger charge is -1.57. The van der Waals surface area contributed by atoms with Crippen molar-refractivity contribution in [2.24, 2.45) is 0 Å². The van der Waals surface area contributed by atoms with Crippen molar-refractivity contribution in [1.82, 2.24) is 0 Å². The van der Waals surface area contributed by atoms with E-state index < -0.39 is 0 Å². The van der Waals surface area contributed by atoms with Crippen molar-refractivity contribution in [3.8, 4) is 0 Å². The molecule has 0 spiro atoms. The summed E-state index contributed by atoms with van der Waals surface area (Å²) in [6, 6.07) is 0. The Hall–Kier alpha value is -0.0800. The van der Waals surface area contributed by atoms with E-state index in [4.69, 9.17) is 4.74 Å². The third-order valence-electron chi connectivity index (χ3n) is 1.01. The van der Waals surface area contributed by atoms with Crippen molar-refractivity contribution in [3.05, 3.63) is 0 Å². The highest BCUT2D eigenvalue weighted by Crippen LogP contribution is 2.18. The van der Waals surface area contributed by atoms with Crippen molar-refractivity contribution in [1.29, 1.82) is 0 Å². The van der Waals surface area contributed by atoms with Gasteiger partial charge in [-0.1, -0.05) is 0 Å². The summed E-state index contributed by atoms with van der Waals surface area (Å²) >= 11 is 0. The van der Waals surface area contributed by atoms with Gasteiger partial charge in [0.25, 0.3) is 0 Å². The molecule has 1 rings (SSSR count). The number of hydrogen-bond donors (Lipinski definition) is 0. The second-order valence-corrected chi connectivity index (χ2v) is 1.55. The van der Waals surface area contributed by atoms with E-state index in [0.717, 1.165) is 0 Å². The molecule has 2 unspecified atom stereocenters. The highest BCUT2D eigenvalue weighted by molar-refractivity contribution is 4.73. The smallest absolute Gasteiger partial charge is 0.0811 e. The van der Waals surface area contributed by atoms with E-state index in [2.05, 4.69) is 13.8 Å². The summed E-state index contributed by atoms with van der Waals surface area (Å²) in [7, 11) is 0. The first-order valence-electron chi connectivity index (χ1n) is 1.96. The fourth-order valence-electron chi connectivity index (χ4n) is 0.293. The van der Waals surface area contributed by atoms with Gasteiger partial charge in [-0.2, -0.15) is 0 Å². The summed E-state index contributed by atoms with van der Waals surface area (Å²) in [5, 5.41) is 0. The first-order valence-corrected chi connectivity index (χ1v) is 1.96. The van der Waals surface area contributed by atoms with Gasteiger partial charge in [-0.15, -0.1) is 0 Å². The van der Waals surface area contributed by atoms with Crippen LogP contribution >= 0.6 is 0 Å². The molecular formula is C4H10O2. The van der Waals surface area contributed by atoms with Crippen LogP contribution in [0, 0.1) is 0 Å². The minimum atomic E-state index is 0. The molecule has 2 nitrogen and oxygen atoms in total. The molecule has 1 fully saturated rings. The van der Waals surface area contributed by atoms with E-state index in [1.54, 1.807) is 0 Å². The molecule has 6 heavy (non-hydrogen) atoms. The number of rotatable bonds is 0. The molecule has 38 valence electrons. The van der Waals surface area contributed by atoms with Crippen LogP contribution in [0.25, 0.3) is 0 Å². The van der Waals surface area contributed by atoms with E-state index in [0.29, 0.717) is 12.2 Å². The van der Waals surface area contributed by atoms with Crippen molar-refractivity contribution in [2.75, 3.05) is 0 Å². The van der Waals surface area contributed by atoms with Gasteiger partial charge in [0.2, 0.25) is 0 Å². The standard InChI is InChI=1S/C4H8O.H2O/c1-3-4(2)5-3;/h3-4H,1-2H3;1H2. The molecule has 1 saturated heterocycles. The van der Waals surface area contributed by atoms with Crippen LogP contribution in [-0.4, -0.2) is 17.7 Å². The Morgan fingerprint density at radius 3 is 1.33 bits per heavy atom. The SMILES string of the molecule is CC1OC1C.O. The fourth-order valence-corrected chi connectivity index (χ4v) is 0.293. The van der Waals surface area contributed by atoms with E-state index in [1.807, 2.05) is 0 Å². The highest BCUT2D eigenvalue weighted by atomic mass is 16.6. The van der Waals surface area contributed by atoms with E-state index in [9.17, 15) is 0 Å². The van der Waals surface area contributed by atoms with Crippen LogP contribution in [0.2, 0.25) is 0 Å². The lowest BCUT2D eigenvalue weighted by Crippen LogP contribution is -1.74. The topological polar surface area (TPSA) is 44.0 Å². The molecule has 1 aliphatic heterocycles. The second-order valence-electron chi connectivity index (χ2n) is 1.55. The van der Waals surface area contributed by atoms with Crippen molar-refractivity contribution in [3.63, 3.8) is 0 Å². The predicted octanol–water partition coefficient (Wildman–Crippen LogP) is -0.0311. The molecule has 1 aliphatic rings. The molecule has 2 N–H and O–H groups in total. The van der Waals surface area contributed by atoms with Crippen molar-refractivity contribution >= 4 is 0 Å². The Morgan fingerprint density at radius 1 is 1.17 bits per heavy atom. The monoisotopic (exact) mass is 90.1 g/mol. The zero-order valence-electron chi connectivity index (χ0n) is 4.06. The van der Waals surface area contributed by atoms with Crippen LogP contribution in [0.5, 0.6) is 0 Å². The zero-order valence-corrected chi connectivity index (χ0v) is 4.06. The molecular weight excluding hydrogens is 80.0 g/mol. The van der Waals surface area contributed by atoms with Crippen LogP contribution in [0.1, 0.15) is 13.8 Å². The van der Waals surface area contributed by atoms with Gasteiger partial charge in [0.1, 0.15) is 0 Å². The van der Waals surface area contributed by atoms with Crippen LogP contribution in [0.3, 0.4) is 0 Å². The van der Waals surface area contributed by atoms with Gasteiger partial charge in [0.05, 0.1) is 12.2 Å². The van der Waals surface area contributed by atoms with Gasteiger partial charge in [0.15, 0.2) is 0 Å². The third-order valence-corrected chi connectivity index (χ3v) is 1.01. The molecule has 1 heterocycles. The Balaban J connectivity index is 0.000000250. The molecule has 2 heteroatoms. The molecule has 0 bridgehead atoms. The number of hydrogen-bond acceptors (Lipinski definition) is 1. The minimum Gasteiger partial charge on any atom is -0.412 e. The van der Waals surface area contributed by atoms with Gasteiger partial charge < -0.3 is 10.2 Å². The first kappa shape index (κ1) is 5.92. The molecule has 0 aromatic rings. The molecule has 0 aromatic heterocycles. The Labute approximate surface area is 37.4 Å². The van der Waals surface area contributed by atoms with Gasteiger partial charge in [-0.3, -0.25) is 0 Å². The number of ether oxygens (including phenoxy) is 1. The molecule has 2 atom stereocenters. The van der Waals surface area contributed by atoms with E-state index in [-0.39, 0.29) is 5.48 Å². The van der Waals surface area contributed by atoms with Gasteiger partial charge >= 0.3 is 0 Å². The Bertz CT molecular complexity index is 38.8. The third kappa shape index (κ3) is 0.954. The first-order chi connectivity index (χ1) is 2.30.